The lowest BCUT2D eigenvalue weighted by Crippen LogP contribution is -2.27. The lowest BCUT2D eigenvalue weighted by Gasteiger charge is -2.32. The van der Waals surface area contributed by atoms with Crippen molar-refractivity contribution in [2.24, 2.45) is 0 Å². The number of ether oxygens (including phenoxy) is 1. The lowest BCUT2D eigenvalue weighted by atomic mass is 9.87. The molecule has 1 N–H and O–H groups in total. The number of hydrogen-bond acceptors (Lipinski definition) is 2. The van der Waals surface area contributed by atoms with E-state index in [1.807, 2.05) is 12.1 Å². The first-order chi connectivity index (χ1) is 7.25. The third-order valence-corrected chi connectivity index (χ3v) is 3.74. The molecule has 0 radical (unpaired) electrons. The topological polar surface area (TPSA) is 38.3 Å². The van der Waals surface area contributed by atoms with E-state index in [1.165, 1.54) is 5.56 Å². The van der Waals surface area contributed by atoms with Crippen LogP contribution in [0.4, 0.5) is 10.5 Å². The van der Waals surface area contributed by atoms with Gasteiger partial charge in [-0.15, -0.1) is 0 Å². The van der Waals surface area contributed by atoms with Crippen LogP contribution in [0.2, 0.25) is 0 Å². The Bertz CT molecular complexity index is 444. The van der Waals surface area contributed by atoms with Crippen molar-refractivity contribution in [3.8, 4) is 0 Å². The predicted molar refractivity (Wildman–Crippen MR) is 59.9 cm³/mol. The third-order valence-electron chi connectivity index (χ3n) is 3.00. The van der Waals surface area contributed by atoms with Gasteiger partial charge < -0.3 is 4.74 Å². The van der Waals surface area contributed by atoms with Crippen molar-refractivity contribution in [3.05, 3.63) is 27.7 Å². The lowest BCUT2D eigenvalue weighted by molar-refractivity contribution is 0.0952. The monoisotopic (exact) mass is 267 g/mol. The van der Waals surface area contributed by atoms with E-state index in [4.69, 9.17) is 4.74 Å². The molecule has 3 rings (SSSR count). The smallest absolute Gasteiger partial charge is 0.412 e. The van der Waals surface area contributed by atoms with Crippen molar-refractivity contribution in [2.45, 2.75) is 25.4 Å². The normalized spacial score (nSPS) is 22.7. The molecule has 78 valence electrons. The van der Waals surface area contributed by atoms with E-state index in [0.717, 1.165) is 35.0 Å². The Balaban J connectivity index is 2.22. The molecule has 1 aromatic carbocycles. The molecule has 15 heavy (non-hydrogen) atoms. The summed E-state index contributed by atoms with van der Waals surface area (Å²) in [5, 5.41) is 2.74. The zero-order valence-electron chi connectivity index (χ0n) is 8.05. The molecule has 3 nitrogen and oxygen atoms in total. The van der Waals surface area contributed by atoms with Gasteiger partial charge in [0, 0.05) is 10.0 Å². The van der Waals surface area contributed by atoms with Crippen LogP contribution in [0.5, 0.6) is 0 Å². The summed E-state index contributed by atoms with van der Waals surface area (Å²) in [5.41, 5.74) is 3.35. The van der Waals surface area contributed by atoms with E-state index in [2.05, 4.69) is 21.2 Å². The minimum Gasteiger partial charge on any atom is -0.441 e. The van der Waals surface area contributed by atoms with E-state index in [-0.39, 0.29) is 12.2 Å². The highest BCUT2D eigenvalue weighted by atomic mass is 79.9. The zero-order valence-corrected chi connectivity index (χ0v) is 9.63. The van der Waals surface area contributed by atoms with Crippen LogP contribution in [0.15, 0.2) is 16.6 Å². The summed E-state index contributed by atoms with van der Waals surface area (Å²) in [4.78, 5) is 11.3. The number of nitrogens with one attached hydrogen (secondary N) is 1. The fourth-order valence-corrected chi connectivity index (χ4v) is 2.91. The summed E-state index contributed by atoms with van der Waals surface area (Å²) < 4.78 is 6.39. The van der Waals surface area contributed by atoms with Gasteiger partial charge in [-0.3, -0.25) is 5.32 Å². The van der Waals surface area contributed by atoms with Gasteiger partial charge >= 0.3 is 6.09 Å². The second-order valence-corrected chi connectivity index (χ2v) is 4.75. The number of benzene rings is 1. The fraction of sp³-hybridized carbons (Fsp3) is 0.364. The van der Waals surface area contributed by atoms with Gasteiger partial charge in [-0.1, -0.05) is 15.9 Å². The number of halogens is 1. The highest BCUT2D eigenvalue weighted by Gasteiger charge is 2.31. The van der Waals surface area contributed by atoms with Crippen molar-refractivity contribution in [1.82, 2.24) is 0 Å². The van der Waals surface area contributed by atoms with Gasteiger partial charge in [-0.2, -0.15) is 0 Å². The van der Waals surface area contributed by atoms with Crippen LogP contribution in [-0.2, 0) is 11.2 Å². The van der Waals surface area contributed by atoms with Crippen molar-refractivity contribution in [3.63, 3.8) is 0 Å². The SMILES string of the molecule is O=C1Nc2ccc(Br)c3c2C(CCC3)O1. The molecule has 1 heterocycles. The molecule has 1 unspecified atom stereocenters. The van der Waals surface area contributed by atoms with Crippen LogP contribution >= 0.6 is 15.9 Å². The van der Waals surface area contributed by atoms with Gasteiger partial charge in [-0.25, -0.2) is 4.79 Å². The minimum absolute atomic E-state index is 0.0463. The first-order valence-electron chi connectivity index (χ1n) is 5.04. The van der Waals surface area contributed by atoms with Gasteiger partial charge in [0.15, 0.2) is 0 Å². The average molecular weight is 268 g/mol. The van der Waals surface area contributed by atoms with Crippen LogP contribution in [0, 0.1) is 0 Å². The number of rotatable bonds is 0. The zero-order chi connectivity index (χ0) is 10.4. The first-order valence-corrected chi connectivity index (χ1v) is 5.84. The molecular formula is C11H10BrNO2. The van der Waals surface area contributed by atoms with Crippen molar-refractivity contribution in [1.29, 1.82) is 0 Å². The largest absolute Gasteiger partial charge is 0.441 e. The van der Waals surface area contributed by atoms with E-state index < -0.39 is 0 Å². The molecule has 1 aliphatic carbocycles. The third kappa shape index (κ3) is 1.35. The Morgan fingerprint density at radius 2 is 2.33 bits per heavy atom. The van der Waals surface area contributed by atoms with Crippen LogP contribution in [0.1, 0.15) is 30.1 Å². The number of hydrogen-bond donors (Lipinski definition) is 1. The van der Waals surface area contributed by atoms with Crippen molar-refractivity contribution < 1.29 is 9.53 Å². The average Bonchev–Trinajstić information content (AvgIpc) is 2.23. The predicted octanol–water partition coefficient (Wildman–Crippen LogP) is 3.39. The molecule has 0 fully saturated rings. The molecule has 2 aliphatic rings. The van der Waals surface area contributed by atoms with Crippen molar-refractivity contribution in [2.75, 3.05) is 5.32 Å². The molecule has 1 aliphatic heterocycles. The maximum atomic E-state index is 11.3. The summed E-state index contributed by atoms with van der Waals surface area (Å²) >= 11 is 3.54. The Labute approximate surface area is 95.9 Å². The van der Waals surface area contributed by atoms with Crippen LogP contribution in [-0.4, -0.2) is 6.09 Å². The fourth-order valence-electron chi connectivity index (χ4n) is 2.36. The van der Waals surface area contributed by atoms with E-state index in [0.29, 0.717) is 0 Å². The molecule has 1 atom stereocenters. The molecule has 1 aromatic rings. The van der Waals surface area contributed by atoms with E-state index >= 15 is 0 Å². The van der Waals surface area contributed by atoms with E-state index in [9.17, 15) is 4.79 Å². The molecule has 0 saturated carbocycles. The van der Waals surface area contributed by atoms with E-state index in [1.54, 1.807) is 0 Å². The van der Waals surface area contributed by atoms with Crippen LogP contribution < -0.4 is 5.32 Å². The standard InChI is InChI=1S/C11H10BrNO2/c12-7-4-5-8-10-6(7)2-1-3-9(10)15-11(14)13-8/h4-5,9H,1-3H2,(H,13,14). The van der Waals surface area contributed by atoms with Gasteiger partial charge in [0.1, 0.15) is 6.10 Å². The van der Waals surface area contributed by atoms with Gasteiger partial charge in [-0.05, 0) is 37.0 Å². The second kappa shape index (κ2) is 3.23. The highest BCUT2D eigenvalue weighted by Crippen LogP contribution is 2.43. The first kappa shape index (κ1) is 9.21. The number of anilines is 1. The minimum atomic E-state index is -0.331. The molecule has 4 heteroatoms. The number of amides is 1. The second-order valence-electron chi connectivity index (χ2n) is 3.90. The summed E-state index contributed by atoms with van der Waals surface area (Å²) in [7, 11) is 0. The van der Waals surface area contributed by atoms with Crippen LogP contribution in [0.25, 0.3) is 0 Å². The number of carbonyl (C=O) groups excluding carboxylic acids is 1. The Morgan fingerprint density at radius 3 is 3.20 bits per heavy atom. The molecule has 0 bridgehead atoms. The summed E-state index contributed by atoms with van der Waals surface area (Å²) in [6.07, 6.45) is 2.69. The van der Waals surface area contributed by atoms with Crippen LogP contribution in [0.3, 0.4) is 0 Å². The summed E-state index contributed by atoms with van der Waals surface area (Å²) in [6.45, 7) is 0. The molecule has 0 spiro atoms. The quantitative estimate of drug-likeness (QED) is 0.783. The summed E-state index contributed by atoms with van der Waals surface area (Å²) in [6, 6.07) is 3.92. The Morgan fingerprint density at radius 1 is 1.47 bits per heavy atom. The number of carbonyl (C=O) groups is 1. The maximum Gasteiger partial charge on any atom is 0.412 e. The van der Waals surface area contributed by atoms with Gasteiger partial charge in [0.05, 0.1) is 5.69 Å². The molecule has 1 amide bonds. The molecule has 0 saturated heterocycles. The highest BCUT2D eigenvalue weighted by molar-refractivity contribution is 9.10. The van der Waals surface area contributed by atoms with Gasteiger partial charge in [0.2, 0.25) is 0 Å². The maximum absolute atomic E-state index is 11.3. The Kier molecular flexibility index (Phi) is 1.99. The van der Waals surface area contributed by atoms with Crippen molar-refractivity contribution >= 4 is 27.7 Å². The van der Waals surface area contributed by atoms with Gasteiger partial charge in [0.25, 0.3) is 0 Å². The molecular weight excluding hydrogens is 258 g/mol. The summed E-state index contributed by atoms with van der Waals surface area (Å²) in [5.74, 6) is 0. The molecule has 0 aromatic heterocycles. The Hall–Kier alpha value is -1.03.